The molecule has 0 saturated carbocycles. The first-order valence-electron chi connectivity index (χ1n) is 15.1. The van der Waals surface area contributed by atoms with Crippen molar-refractivity contribution in [2.75, 3.05) is 32.7 Å². The van der Waals surface area contributed by atoms with Crippen LogP contribution in [0.3, 0.4) is 0 Å². The Bertz CT molecular complexity index is 1790. The molecule has 2 aromatic heterocycles. The second-order valence-electron chi connectivity index (χ2n) is 11.6. The zero-order chi connectivity index (χ0) is 33.3. The molecule has 6 atom stereocenters. The van der Waals surface area contributed by atoms with Gasteiger partial charge in [0.1, 0.15) is 35.7 Å². The number of carbonyl (C=O) groups is 1. The number of hydrogen-bond donors (Lipinski definition) is 4. The van der Waals surface area contributed by atoms with Crippen LogP contribution in [0.2, 0.25) is 0 Å². The predicted molar refractivity (Wildman–Crippen MR) is 167 cm³/mol. The number of fused-ring (bicyclic) bond motifs is 2. The van der Waals surface area contributed by atoms with Crippen LogP contribution in [0.4, 0.5) is 5.95 Å². The van der Waals surface area contributed by atoms with Gasteiger partial charge in [-0.3, -0.25) is 13.9 Å². The predicted octanol–water partition coefficient (Wildman–Crippen LogP) is 2.48. The number of aliphatic hydroxyl groups is 2. The number of nitrogens with one attached hydrogen (secondary N) is 1. The molecule has 252 valence electrons. The van der Waals surface area contributed by atoms with Crippen molar-refractivity contribution in [1.82, 2.24) is 24.6 Å². The van der Waals surface area contributed by atoms with Crippen molar-refractivity contribution in [2.45, 2.75) is 62.9 Å². The first kappa shape index (κ1) is 33.0. The first-order chi connectivity index (χ1) is 22.5. The summed E-state index contributed by atoms with van der Waals surface area (Å²) in [5.74, 6) is -0.397. The van der Waals surface area contributed by atoms with E-state index in [9.17, 15) is 19.6 Å². The minimum atomic E-state index is -4.39. The standard InChI is InChI=1S/C30H37N6O10P/c1-17(27(38)44-19-11-13-42-14-12-19)35-47(40,46-21-10-6-8-18-7-4-5-9-20(18)21)43-15-22-24(37)30(2,39)28(45-22)36-16-32-23-25(36)33-29(31)34-26(23)41-3/h4-10,16-17,19,22,24,28,37,39H,11-15H2,1-3H3,(H,35,40)(H2,31,33,34). The lowest BCUT2D eigenvalue weighted by Crippen LogP contribution is -2.44. The van der Waals surface area contributed by atoms with Crippen molar-refractivity contribution in [2.24, 2.45) is 0 Å². The van der Waals surface area contributed by atoms with Crippen LogP contribution in [0.15, 0.2) is 48.8 Å². The van der Waals surface area contributed by atoms with E-state index >= 15 is 0 Å². The molecule has 0 amide bonds. The summed E-state index contributed by atoms with van der Waals surface area (Å²) >= 11 is 0. The van der Waals surface area contributed by atoms with E-state index in [0.717, 1.165) is 5.39 Å². The number of hydrogen-bond acceptors (Lipinski definition) is 14. The molecule has 5 N–H and O–H groups in total. The quantitative estimate of drug-likeness (QED) is 0.133. The van der Waals surface area contributed by atoms with Gasteiger partial charge in [0.05, 0.1) is 33.3 Å². The topological polar surface area (TPSA) is 212 Å². The molecule has 2 aliphatic heterocycles. The summed E-state index contributed by atoms with van der Waals surface area (Å²) in [6.45, 7) is 3.29. The monoisotopic (exact) mass is 672 g/mol. The van der Waals surface area contributed by atoms with E-state index in [-0.39, 0.29) is 34.8 Å². The number of nitrogens with two attached hydrogens (primary N) is 1. The minimum absolute atomic E-state index is 0.101. The van der Waals surface area contributed by atoms with Crippen LogP contribution >= 0.6 is 7.75 Å². The second-order valence-corrected chi connectivity index (χ2v) is 13.3. The molecule has 4 heterocycles. The Labute approximate surface area is 269 Å². The fourth-order valence-electron chi connectivity index (χ4n) is 5.61. The molecule has 16 nitrogen and oxygen atoms in total. The smallest absolute Gasteiger partial charge is 0.459 e. The third-order valence-electron chi connectivity index (χ3n) is 8.14. The van der Waals surface area contributed by atoms with Crippen molar-refractivity contribution in [3.05, 3.63) is 48.8 Å². The molecule has 6 unspecified atom stereocenters. The van der Waals surface area contributed by atoms with E-state index in [1.165, 1.54) is 31.9 Å². The lowest BCUT2D eigenvalue weighted by atomic mass is 9.96. The third-order valence-corrected chi connectivity index (χ3v) is 9.77. The van der Waals surface area contributed by atoms with E-state index in [1.807, 2.05) is 18.2 Å². The molecule has 0 aliphatic carbocycles. The van der Waals surface area contributed by atoms with Crippen molar-refractivity contribution < 1.29 is 47.6 Å². The van der Waals surface area contributed by atoms with Gasteiger partial charge in [-0.05, 0) is 25.3 Å². The van der Waals surface area contributed by atoms with Crippen LogP contribution in [0.25, 0.3) is 21.9 Å². The Kier molecular flexibility index (Phi) is 9.36. The van der Waals surface area contributed by atoms with Crippen LogP contribution in [0.1, 0.15) is 32.9 Å². The molecule has 0 bridgehead atoms. The number of nitrogens with zero attached hydrogens (tertiary/aromatic N) is 4. The number of methoxy groups -OCH3 is 1. The highest BCUT2D eigenvalue weighted by atomic mass is 31.2. The van der Waals surface area contributed by atoms with Gasteiger partial charge in [0.15, 0.2) is 17.4 Å². The van der Waals surface area contributed by atoms with E-state index in [2.05, 4.69) is 20.0 Å². The van der Waals surface area contributed by atoms with Gasteiger partial charge in [-0.25, -0.2) is 9.55 Å². The van der Waals surface area contributed by atoms with Gasteiger partial charge in [0, 0.05) is 18.2 Å². The van der Waals surface area contributed by atoms with Crippen molar-refractivity contribution in [1.29, 1.82) is 0 Å². The summed E-state index contributed by atoms with van der Waals surface area (Å²) in [5, 5.41) is 26.8. The molecule has 17 heteroatoms. The van der Waals surface area contributed by atoms with Gasteiger partial charge in [0.25, 0.3) is 0 Å². The summed E-state index contributed by atoms with van der Waals surface area (Å²) in [7, 11) is -2.99. The maximum absolute atomic E-state index is 14.4. The fraction of sp³-hybridized carbons (Fsp3) is 0.467. The number of benzene rings is 2. The van der Waals surface area contributed by atoms with Gasteiger partial charge in [0.2, 0.25) is 11.8 Å². The maximum atomic E-state index is 14.4. The average Bonchev–Trinajstić information content (AvgIpc) is 3.57. The van der Waals surface area contributed by atoms with E-state index < -0.39 is 50.4 Å². The molecule has 47 heavy (non-hydrogen) atoms. The lowest BCUT2D eigenvalue weighted by molar-refractivity contribution is -0.154. The van der Waals surface area contributed by atoms with Crippen LogP contribution in [0, 0.1) is 0 Å². The number of esters is 1. The summed E-state index contributed by atoms with van der Waals surface area (Å²) in [6, 6.07) is 11.4. The van der Waals surface area contributed by atoms with E-state index in [4.69, 9.17) is 33.7 Å². The molecular formula is C30H37N6O10P. The normalized spacial score (nSPS) is 25.4. The fourth-order valence-corrected chi connectivity index (χ4v) is 7.14. The zero-order valence-corrected chi connectivity index (χ0v) is 26.9. The SMILES string of the molecule is COc1nc(N)nc2c1ncn2C1OC(COP(=O)(NC(C)C(=O)OC2CCOCC2)Oc2cccc3ccccc23)C(O)C1(C)O. The van der Waals surface area contributed by atoms with Crippen molar-refractivity contribution in [3.8, 4) is 11.6 Å². The molecular weight excluding hydrogens is 635 g/mol. The number of nitrogen functional groups attached to an aromatic ring is 1. The molecule has 0 spiro atoms. The lowest BCUT2D eigenvalue weighted by Gasteiger charge is -2.28. The Morgan fingerprint density at radius 2 is 1.96 bits per heavy atom. The Hall–Kier alpha value is -3.89. The Morgan fingerprint density at radius 1 is 1.21 bits per heavy atom. The van der Waals surface area contributed by atoms with Crippen molar-refractivity contribution in [3.63, 3.8) is 0 Å². The number of ether oxygens (including phenoxy) is 4. The zero-order valence-electron chi connectivity index (χ0n) is 26.0. The Balaban J connectivity index is 1.24. The summed E-state index contributed by atoms with van der Waals surface area (Å²) in [4.78, 5) is 25.5. The Morgan fingerprint density at radius 3 is 2.72 bits per heavy atom. The number of anilines is 1. The maximum Gasteiger partial charge on any atom is 0.459 e. The van der Waals surface area contributed by atoms with Gasteiger partial charge in [-0.2, -0.15) is 15.1 Å². The van der Waals surface area contributed by atoms with Crippen LogP contribution in [-0.4, -0.2) is 92.6 Å². The van der Waals surface area contributed by atoms with Gasteiger partial charge < -0.3 is 39.4 Å². The van der Waals surface area contributed by atoms with E-state index in [0.29, 0.717) is 31.4 Å². The molecule has 2 aliphatic rings. The molecule has 2 saturated heterocycles. The number of rotatable bonds is 11. The highest BCUT2D eigenvalue weighted by molar-refractivity contribution is 7.52. The molecule has 2 fully saturated rings. The number of imidazole rings is 1. The summed E-state index contributed by atoms with van der Waals surface area (Å²) in [6.07, 6.45) is -1.87. The summed E-state index contributed by atoms with van der Waals surface area (Å²) in [5.41, 5.74) is 4.40. The third kappa shape index (κ3) is 6.76. The number of aliphatic hydroxyl groups excluding tert-OH is 1. The molecule has 0 radical (unpaired) electrons. The molecule has 2 aromatic carbocycles. The number of carbonyl (C=O) groups excluding carboxylic acids is 1. The van der Waals surface area contributed by atoms with Gasteiger partial charge >= 0.3 is 13.7 Å². The first-order valence-corrected chi connectivity index (χ1v) is 16.6. The summed E-state index contributed by atoms with van der Waals surface area (Å²) < 4.78 is 49.9. The van der Waals surface area contributed by atoms with Gasteiger partial charge in [-0.15, -0.1) is 0 Å². The largest absolute Gasteiger partial charge is 0.479 e. The molecule has 6 rings (SSSR count). The molecule has 4 aromatic rings. The highest BCUT2D eigenvalue weighted by Gasteiger charge is 2.54. The number of aromatic nitrogens is 4. The van der Waals surface area contributed by atoms with Crippen LogP contribution in [-0.2, 0) is 28.1 Å². The van der Waals surface area contributed by atoms with Crippen LogP contribution < -0.4 is 20.1 Å². The second kappa shape index (κ2) is 13.3. The van der Waals surface area contributed by atoms with Crippen LogP contribution in [0.5, 0.6) is 11.6 Å². The minimum Gasteiger partial charge on any atom is -0.479 e. The highest BCUT2D eigenvalue weighted by Crippen LogP contribution is 2.48. The average molecular weight is 673 g/mol. The van der Waals surface area contributed by atoms with Gasteiger partial charge in [-0.1, -0.05) is 36.4 Å². The van der Waals surface area contributed by atoms with Crippen molar-refractivity contribution >= 4 is 41.6 Å². The van der Waals surface area contributed by atoms with E-state index in [1.54, 1.807) is 24.3 Å².